The van der Waals surface area contributed by atoms with Crippen LogP contribution in [-0.4, -0.2) is 36.3 Å². The number of Topliss-reactive ketones (excluding diaryl/α,β-unsaturated/α-hetero) is 1. The van der Waals surface area contributed by atoms with Crippen molar-refractivity contribution in [1.82, 2.24) is 10.2 Å². The van der Waals surface area contributed by atoms with Crippen molar-refractivity contribution in [2.75, 3.05) is 13.6 Å². The van der Waals surface area contributed by atoms with Crippen LogP contribution in [0.2, 0.25) is 0 Å². The molecule has 0 aliphatic heterocycles. The molecule has 0 radical (unpaired) electrons. The summed E-state index contributed by atoms with van der Waals surface area (Å²) in [5.41, 5.74) is -0.433. The molecule has 0 aliphatic rings. The van der Waals surface area contributed by atoms with Crippen LogP contribution in [0.15, 0.2) is 0 Å². The molecular weight excluding hydrogens is 252 g/mol. The van der Waals surface area contributed by atoms with Crippen LogP contribution in [0.25, 0.3) is 0 Å². The highest BCUT2D eigenvalue weighted by atomic mass is 16.2. The molecule has 4 nitrogen and oxygen atoms in total. The largest absolute Gasteiger partial charge is 0.338 e. The molecule has 20 heavy (non-hydrogen) atoms. The fourth-order valence-corrected chi connectivity index (χ4v) is 2.03. The molecule has 0 spiro atoms. The number of ketones is 1. The highest BCUT2D eigenvalue weighted by Gasteiger charge is 2.34. The number of amides is 2. The normalized spacial score (nSPS) is 13.2. The topological polar surface area (TPSA) is 49.4 Å². The van der Waals surface area contributed by atoms with Crippen LogP contribution >= 0.6 is 0 Å². The molecule has 1 N–H and O–H groups in total. The maximum Gasteiger partial charge on any atom is 0.317 e. The minimum Gasteiger partial charge on any atom is -0.338 e. The van der Waals surface area contributed by atoms with Crippen LogP contribution in [0.4, 0.5) is 4.79 Å². The third kappa shape index (κ3) is 6.40. The van der Waals surface area contributed by atoms with Gasteiger partial charge >= 0.3 is 6.03 Å². The zero-order chi connectivity index (χ0) is 15.9. The number of carbonyl (C=O) groups excluding carboxylic acids is 2. The van der Waals surface area contributed by atoms with Crippen molar-refractivity contribution < 1.29 is 9.59 Å². The van der Waals surface area contributed by atoms with E-state index in [0.717, 1.165) is 12.8 Å². The van der Waals surface area contributed by atoms with E-state index in [9.17, 15) is 9.59 Å². The van der Waals surface area contributed by atoms with E-state index in [2.05, 4.69) is 26.1 Å². The SMILES string of the molecule is CCCCNC(=O)N(C)[C@H](CC(C)C)C(=O)C(C)(C)C. The van der Waals surface area contributed by atoms with Crippen molar-refractivity contribution in [1.29, 1.82) is 0 Å². The number of carbonyl (C=O) groups is 2. The average Bonchev–Trinajstić information content (AvgIpc) is 2.33. The number of hydrogen-bond donors (Lipinski definition) is 1. The molecule has 0 bridgehead atoms. The molecule has 0 heterocycles. The Kier molecular flexibility index (Phi) is 7.84. The molecule has 118 valence electrons. The Balaban J connectivity index is 4.85. The van der Waals surface area contributed by atoms with Crippen molar-refractivity contribution in [2.45, 2.75) is 66.8 Å². The first-order chi connectivity index (χ1) is 9.11. The van der Waals surface area contributed by atoms with Crippen LogP contribution in [0.5, 0.6) is 0 Å². The Hall–Kier alpha value is -1.06. The van der Waals surface area contributed by atoms with Crippen molar-refractivity contribution in [3.63, 3.8) is 0 Å². The van der Waals surface area contributed by atoms with Gasteiger partial charge in [-0.2, -0.15) is 0 Å². The Morgan fingerprint density at radius 1 is 1.20 bits per heavy atom. The van der Waals surface area contributed by atoms with E-state index in [1.54, 1.807) is 11.9 Å². The highest BCUT2D eigenvalue weighted by Crippen LogP contribution is 2.23. The number of rotatable bonds is 7. The zero-order valence-electron chi connectivity index (χ0n) is 14.2. The van der Waals surface area contributed by atoms with E-state index in [-0.39, 0.29) is 17.9 Å². The predicted molar refractivity (Wildman–Crippen MR) is 83.8 cm³/mol. The number of unbranched alkanes of at least 4 members (excludes halogenated alkanes) is 1. The van der Waals surface area contributed by atoms with Gasteiger partial charge in [0.05, 0.1) is 6.04 Å². The van der Waals surface area contributed by atoms with Gasteiger partial charge < -0.3 is 10.2 Å². The molecule has 4 heteroatoms. The summed E-state index contributed by atoms with van der Waals surface area (Å²) < 4.78 is 0. The molecule has 0 unspecified atom stereocenters. The maximum absolute atomic E-state index is 12.6. The van der Waals surface area contributed by atoms with E-state index in [1.807, 2.05) is 20.8 Å². The van der Waals surface area contributed by atoms with E-state index < -0.39 is 5.41 Å². The predicted octanol–water partition coefficient (Wildman–Crippen LogP) is 3.46. The Bertz CT molecular complexity index is 319. The van der Waals surface area contributed by atoms with Crippen molar-refractivity contribution in [2.24, 2.45) is 11.3 Å². The van der Waals surface area contributed by atoms with Crippen molar-refractivity contribution >= 4 is 11.8 Å². The van der Waals surface area contributed by atoms with E-state index in [0.29, 0.717) is 18.9 Å². The minimum atomic E-state index is -0.433. The lowest BCUT2D eigenvalue weighted by Gasteiger charge is -2.33. The molecule has 0 aromatic carbocycles. The molecule has 0 fully saturated rings. The lowest BCUT2D eigenvalue weighted by molar-refractivity contribution is -0.131. The lowest BCUT2D eigenvalue weighted by atomic mass is 9.83. The smallest absolute Gasteiger partial charge is 0.317 e. The van der Waals surface area contributed by atoms with Crippen LogP contribution in [0.1, 0.15) is 60.8 Å². The average molecular weight is 284 g/mol. The molecule has 0 aliphatic carbocycles. The van der Waals surface area contributed by atoms with Crippen LogP contribution < -0.4 is 5.32 Å². The number of nitrogens with one attached hydrogen (secondary N) is 1. The van der Waals surface area contributed by atoms with Gasteiger partial charge in [0.15, 0.2) is 5.78 Å². The number of likely N-dealkylation sites (N-methyl/N-ethyl adjacent to an activating group) is 1. The minimum absolute atomic E-state index is 0.124. The van der Waals surface area contributed by atoms with Gasteiger partial charge in [-0.1, -0.05) is 48.0 Å². The van der Waals surface area contributed by atoms with Gasteiger partial charge in [-0.05, 0) is 18.8 Å². The monoisotopic (exact) mass is 284 g/mol. The number of urea groups is 1. The summed E-state index contributed by atoms with van der Waals surface area (Å²) in [5, 5.41) is 2.88. The standard InChI is InChI=1S/C16H32N2O2/c1-8-9-10-17-15(20)18(7)13(11-12(2)3)14(19)16(4,5)6/h12-13H,8-11H2,1-7H3,(H,17,20)/t13-/m1/s1. The van der Waals surface area contributed by atoms with E-state index in [1.165, 1.54) is 0 Å². The third-order valence-corrected chi connectivity index (χ3v) is 3.33. The highest BCUT2D eigenvalue weighted by molar-refractivity contribution is 5.92. The fourth-order valence-electron chi connectivity index (χ4n) is 2.03. The third-order valence-electron chi connectivity index (χ3n) is 3.33. The summed E-state index contributed by atoms with van der Waals surface area (Å²) in [4.78, 5) is 26.3. The van der Waals surface area contributed by atoms with Crippen LogP contribution in [0, 0.1) is 11.3 Å². The van der Waals surface area contributed by atoms with Crippen LogP contribution in [0.3, 0.4) is 0 Å². The van der Waals surface area contributed by atoms with E-state index in [4.69, 9.17) is 0 Å². The Labute approximate surface area is 124 Å². The Morgan fingerprint density at radius 3 is 2.15 bits per heavy atom. The molecule has 2 amide bonds. The molecule has 0 rings (SSSR count). The summed E-state index contributed by atoms with van der Waals surface area (Å²) in [6.07, 6.45) is 2.70. The first-order valence-electron chi connectivity index (χ1n) is 7.66. The second-order valence-corrected chi connectivity index (χ2v) is 6.96. The van der Waals surface area contributed by atoms with Gasteiger partial charge in [-0.3, -0.25) is 4.79 Å². The zero-order valence-corrected chi connectivity index (χ0v) is 14.2. The quantitative estimate of drug-likeness (QED) is 0.728. The van der Waals surface area contributed by atoms with Gasteiger partial charge in [0.1, 0.15) is 0 Å². The first-order valence-corrected chi connectivity index (χ1v) is 7.66. The molecule has 1 atom stereocenters. The van der Waals surface area contributed by atoms with Gasteiger partial charge in [-0.15, -0.1) is 0 Å². The van der Waals surface area contributed by atoms with Gasteiger partial charge in [0.2, 0.25) is 0 Å². The Morgan fingerprint density at radius 2 is 1.75 bits per heavy atom. The van der Waals surface area contributed by atoms with Gasteiger partial charge in [0, 0.05) is 19.0 Å². The number of hydrogen-bond acceptors (Lipinski definition) is 2. The van der Waals surface area contributed by atoms with E-state index >= 15 is 0 Å². The molecular formula is C16H32N2O2. The fraction of sp³-hybridized carbons (Fsp3) is 0.875. The van der Waals surface area contributed by atoms with Crippen LogP contribution in [-0.2, 0) is 4.79 Å². The molecule has 0 aromatic heterocycles. The summed E-state index contributed by atoms with van der Waals surface area (Å²) >= 11 is 0. The maximum atomic E-state index is 12.6. The second-order valence-electron chi connectivity index (χ2n) is 6.96. The molecule has 0 aromatic rings. The van der Waals surface area contributed by atoms with Crippen molar-refractivity contribution in [3.8, 4) is 0 Å². The first kappa shape index (κ1) is 18.9. The molecule has 0 saturated heterocycles. The summed E-state index contributed by atoms with van der Waals surface area (Å²) in [5.74, 6) is 0.497. The second kappa shape index (κ2) is 8.28. The molecule has 0 saturated carbocycles. The van der Waals surface area contributed by atoms with Gasteiger partial charge in [0.25, 0.3) is 0 Å². The van der Waals surface area contributed by atoms with Crippen molar-refractivity contribution in [3.05, 3.63) is 0 Å². The summed E-state index contributed by atoms with van der Waals surface area (Å²) in [7, 11) is 1.72. The summed E-state index contributed by atoms with van der Waals surface area (Å²) in [6, 6.07) is -0.502. The van der Waals surface area contributed by atoms with Gasteiger partial charge in [-0.25, -0.2) is 4.79 Å². The lowest BCUT2D eigenvalue weighted by Crippen LogP contribution is -2.50. The summed E-state index contributed by atoms with van der Waals surface area (Å²) in [6.45, 7) is 12.6. The number of nitrogens with zero attached hydrogens (tertiary/aromatic N) is 1.